The molecule has 23 heavy (non-hydrogen) atoms. The summed E-state index contributed by atoms with van der Waals surface area (Å²) in [5.74, 6) is 0.402. The minimum Gasteiger partial charge on any atom is -0.395 e. The average Bonchev–Trinajstić information content (AvgIpc) is 2.86. The second-order valence-electron chi connectivity index (χ2n) is 4.97. The van der Waals surface area contributed by atoms with Crippen molar-refractivity contribution in [2.24, 2.45) is 0 Å². The molecule has 0 saturated heterocycles. The van der Waals surface area contributed by atoms with Crippen LogP contribution in [0.3, 0.4) is 0 Å². The number of aliphatic hydroxyl groups excluding tert-OH is 2. The molecule has 0 aliphatic carbocycles. The zero-order chi connectivity index (χ0) is 17.0. The highest BCUT2D eigenvalue weighted by atomic mass is 32.2. The fourth-order valence-corrected chi connectivity index (χ4v) is 3.69. The molecule has 0 radical (unpaired) electrons. The maximum Gasteiger partial charge on any atom is 0.243 e. The molecule has 0 aliphatic rings. The summed E-state index contributed by atoms with van der Waals surface area (Å²) >= 11 is 0. The second kappa shape index (κ2) is 7.09. The van der Waals surface area contributed by atoms with Gasteiger partial charge in [-0.3, -0.25) is 0 Å². The molecule has 1 heterocycles. The summed E-state index contributed by atoms with van der Waals surface area (Å²) in [5.41, 5.74) is 7.10. The van der Waals surface area contributed by atoms with E-state index in [0.29, 0.717) is 11.5 Å². The molecule has 9 heteroatoms. The number of hydrogen-bond donors (Lipinski definition) is 3. The van der Waals surface area contributed by atoms with Gasteiger partial charge in [-0.15, -0.1) is 0 Å². The van der Waals surface area contributed by atoms with Crippen molar-refractivity contribution >= 4 is 15.8 Å². The Kier molecular flexibility index (Phi) is 5.37. The zero-order valence-electron chi connectivity index (χ0n) is 12.8. The first kappa shape index (κ1) is 17.4. The zero-order valence-corrected chi connectivity index (χ0v) is 13.6. The Morgan fingerprint density at radius 3 is 2.39 bits per heavy atom. The van der Waals surface area contributed by atoms with Crippen LogP contribution in [-0.4, -0.2) is 59.0 Å². The lowest BCUT2D eigenvalue weighted by atomic mass is 10.3. The lowest BCUT2D eigenvalue weighted by molar-refractivity contribution is 0.217. The number of benzene rings is 1. The van der Waals surface area contributed by atoms with Crippen LogP contribution in [0.5, 0.6) is 0 Å². The summed E-state index contributed by atoms with van der Waals surface area (Å²) in [4.78, 5) is 0.0458. The van der Waals surface area contributed by atoms with E-state index in [4.69, 9.17) is 15.9 Å². The lowest BCUT2D eigenvalue weighted by Crippen LogP contribution is -2.35. The maximum atomic E-state index is 12.6. The Hall–Kier alpha value is -1.94. The summed E-state index contributed by atoms with van der Waals surface area (Å²) in [6.45, 7) is 0.957. The number of hydrogen-bond acceptors (Lipinski definition) is 6. The molecule has 2 rings (SSSR count). The van der Waals surface area contributed by atoms with Crippen molar-refractivity contribution in [2.45, 2.75) is 11.8 Å². The first-order valence-corrected chi connectivity index (χ1v) is 8.48. The maximum absolute atomic E-state index is 12.6. The number of sulfonamides is 1. The van der Waals surface area contributed by atoms with Gasteiger partial charge >= 0.3 is 0 Å². The van der Waals surface area contributed by atoms with Gasteiger partial charge in [0, 0.05) is 19.2 Å². The van der Waals surface area contributed by atoms with E-state index in [1.54, 1.807) is 25.1 Å². The largest absolute Gasteiger partial charge is 0.395 e. The molecule has 0 spiro atoms. The Morgan fingerprint density at radius 2 is 1.87 bits per heavy atom. The molecule has 2 aromatic rings. The Bertz CT molecular complexity index is 767. The number of aryl methyl sites for hydroxylation is 1. The Balaban J connectivity index is 2.44. The highest BCUT2D eigenvalue weighted by Gasteiger charge is 2.24. The predicted molar refractivity (Wildman–Crippen MR) is 85.6 cm³/mol. The average molecular weight is 340 g/mol. The van der Waals surface area contributed by atoms with Crippen molar-refractivity contribution in [2.75, 3.05) is 32.0 Å². The molecule has 0 atom stereocenters. The number of aromatic nitrogens is 2. The number of nitrogens with two attached hydrogens (primary N) is 1. The van der Waals surface area contributed by atoms with Gasteiger partial charge in [0.05, 0.1) is 29.5 Å². The molecule has 0 fully saturated rings. The molecule has 126 valence electrons. The highest BCUT2D eigenvalue weighted by molar-refractivity contribution is 7.89. The van der Waals surface area contributed by atoms with Crippen molar-refractivity contribution in [3.8, 4) is 5.69 Å². The quantitative estimate of drug-likeness (QED) is 0.638. The first-order chi connectivity index (χ1) is 10.9. The van der Waals surface area contributed by atoms with Gasteiger partial charge in [0.2, 0.25) is 10.0 Å². The van der Waals surface area contributed by atoms with Crippen LogP contribution in [-0.2, 0) is 10.0 Å². The highest BCUT2D eigenvalue weighted by Crippen LogP contribution is 2.21. The lowest BCUT2D eigenvalue weighted by Gasteiger charge is -2.20. The number of rotatable bonds is 7. The van der Waals surface area contributed by atoms with E-state index in [9.17, 15) is 8.42 Å². The van der Waals surface area contributed by atoms with Crippen molar-refractivity contribution in [1.82, 2.24) is 14.1 Å². The van der Waals surface area contributed by atoms with Gasteiger partial charge < -0.3 is 15.9 Å². The summed E-state index contributed by atoms with van der Waals surface area (Å²) in [6.07, 6.45) is 0. The molecule has 0 saturated carbocycles. The molecule has 8 nitrogen and oxygen atoms in total. The van der Waals surface area contributed by atoms with E-state index in [0.717, 1.165) is 10.00 Å². The number of nitrogens with zero attached hydrogens (tertiary/aromatic N) is 3. The third-order valence-corrected chi connectivity index (χ3v) is 5.15. The van der Waals surface area contributed by atoms with Crippen LogP contribution in [0.2, 0.25) is 0 Å². The third-order valence-electron chi connectivity index (χ3n) is 3.26. The molecule has 0 unspecified atom stereocenters. The van der Waals surface area contributed by atoms with Gasteiger partial charge in [0.15, 0.2) is 0 Å². The van der Waals surface area contributed by atoms with Gasteiger partial charge in [-0.2, -0.15) is 9.40 Å². The van der Waals surface area contributed by atoms with Gasteiger partial charge in [-0.1, -0.05) is 6.07 Å². The number of anilines is 1. The van der Waals surface area contributed by atoms with Gasteiger partial charge in [-0.25, -0.2) is 13.1 Å². The monoisotopic (exact) mass is 340 g/mol. The predicted octanol–water partition coefficient (Wildman–Crippen LogP) is -0.262. The van der Waals surface area contributed by atoms with Crippen LogP contribution in [0.1, 0.15) is 5.69 Å². The van der Waals surface area contributed by atoms with Crippen molar-refractivity contribution in [1.29, 1.82) is 0 Å². The molecule has 0 amide bonds. The first-order valence-electron chi connectivity index (χ1n) is 7.04. The topological polar surface area (TPSA) is 122 Å². The molecular formula is C14H20N4O4S. The summed E-state index contributed by atoms with van der Waals surface area (Å²) < 4.78 is 27.7. The van der Waals surface area contributed by atoms with Crippen molar-refractivity contribution in [3.05, 3.63) is 36.0 Å². The van der Waals surface area contributed by atoms with Crippen LogP contribution in [0, 0.1) is 6.92 Å². The van der Waals surface area contributed by atoms with Crippen LogP contribution in [0.15, 0.2) is 35.2 Å². The van der Waals surface area contributed by atoms with E-state index >= 15 is 0 Å². The van der Waals surface area contributed by atoms with Gasteiger partial charge in [0.25, 0.3) is 0 Å². The normalized spacial score (nSPS) is 12.0. The summed E-state index contributed by atoms with van der Waals surface area (Å²) in [6, 6.07) is 7.89. The van der Waals surface area contributed by atoms with E-state index in [1.807, 2.05) is 0 Å². The van der Waals surface area contributed by atoms with Crippen LogP contribution < -0.4 is 5.73 Å². The van der Waals surface area contributed by atoms with Gasteiger partial charge in [0.1, 0.15) is 5.82 Å². The van der Waals surface area contributed by atoms with E-state index in [-0.39, 0.29) is 31.2 Å². The van der Waals surface area contributed by atoms with Gasteiger partial charge in [-0.05, 0) is 25.1 Å². The minimum atomic E-state index is -3.83. The standard InChI is InChI=1S/C14H20N4O4S/c1-11-9-14(15)18(16-11)12-3-2-4-13(10-12)23(21,22)17(5-7-19)6-8-20/h2-4,9-10,19-20H,5-8,15H2,1H3. The molecular weight excluding hydrogens is 320 g/mol. The smallest absolute Gasteiger partial charge is 0.243 e. The summed E-state index contributed by atoms with van der Waals surface area (Å²) in [7, 11) is -3.83. The Morgan fingerprint density at radius 1 is 1.22 bits per heavy atom. The van der Waals surface area contributed by atoms with Crippen LogP contribution in [0.4, 0.5) is 5.82 Å². The molecule has 0 aliphatic heterocycles. The molecule has 1 aromatic heterocycles. The molecule has 4 N–H and O–H groups in total. The van der Waals surface area contributed by atoms with Crippen LogP contribution in [0.25, 0.3) is 5.69 Å². The van der Waals surface area contributed by atoms with E-state index < -0.39 is 10.0 Å². The fourth-order valence-electron chi connectivity index (χ4n) is 2.23. The van der Waals surface area contributed by atoms with Crippen LogP contribution >= 0.6 is 0 Å². The van der Waals surface area contributed by atoms with E-state index in [1.165, 1.54) is 16.8 Å². The van der Waals surface area contributed by atoms with Crippen molar-refractivity contribution < 1.29 is 18.6 Å². The summed E-state index contributed by atoms with van der Waals surface area (Å²) in [5, 5.41) is 22.3. The van der Waals surface area contributed by atoms with Crippen molar-refractivity contribution in [3.63, 3.8) is 0 Å². The van der Waals surface area contributed by atoms with E-state index in [2.05, 4.69) is 5.10 Å². The number of aliphatic hydroxyl groups is 2. The minimum absolute atomic E-state index is 0.0458. The molecule has 0 bridgehead atoms. The Labute approximate surface area is 134 Å². The number of nitrogen functional groups attached to an aromatic ring is 1. The molecule has 1 aromatic carbocycles. The third kappa shape index (κ3) is 3.70. The SMILES string of the molecule is Cc1cc(N)n(-c2cccc(S(=O)(=O)N(CCO)CCO)c2)n1. The second-order valence-corrected chi connectivity index (χ2v) is 6.91. The fraction of sp³-hybridized carbons (Fsp3) is 0.357.